The van der Waals surface area contributed by atoms with Crippen molar-refractivity contribution < 1.29 is 4.79 Å². The zero-order valence-corrected chi connectivity index (χ0v) is 9.68. The van der Waals surface area contributed by atoms with Gasteiger partial charge in [0, 0.05) is 6.42 Å². The predicted molar refractivity (Wildman–Crippen MR) is 60.2 cm³/mol. The fraction of sp³-hybridized carbons (Fsp3) is 0.615. The molecule has 1 nitrogen and oxygen atoms in total. The van der Waals surface area contributed by atoms with Gasteiger partial charge in [0.2, 0.25) is 0 Å². The summed E-state index contributed by atoms with van der Waals surface area (Å²) in [5.74, 6) is 0.323. The minimum absolute atomic E-state index is 0.213. The van der Waals surface area contributed by atoms with Gasteiger partial charge in [-0.1, -0.05) is 26.0 Å². The number of Topliss-reactive ketones (excluding diaryl/α,β-unsaturated/α-hetero) is 1. The summed E-state index contributed by atoms with van der Waals surface area (Å²) in [6.07, 6.45) is 6.97. The molecule has 0 amide bonds. The molecule has 0 fully saturated rings. The van der Waals surface area contributed by atoms with E-state index in [0.29, 0.717) is 5.78 Å². The highest BCUT2D eigenvalue weighted by molar-refractivity contribution is 5.97. The molecule has 1 rings (SSSR count). The standard InChI is InChI=1S/C13H20O/c1-5-7-11-10(3)12(14)8-9-13(11,4)6-2/h5,7H,6,8-9H2,1-4H3/b7-5+. The molecule has 1 atom stereocenters. The average Bonchev–Trinajstić information content (AvgIpc) is 2.19. The highest BCUT2D eigenvalue weighted by Crippen LogP contribution is 2.42. The van der Waals surface area contributed by atoms with Gasteiger partial charge in [-0.15, -0.1) is 0 Å². The molecule has 0 aromatic carbocycles. The third-order valence-corrected chi connectivity index (χ3v) is 3.49. The summed E-state index contributed by atoms with van der Waals surface area (Å²) in [6, 6.07) is 0. The molecule has 1 unspecified atom stereocenters. The van der Waals surface area contributed by atoms with Crippen LogP contribution in [0.1, 0.15) is 47.0 Å². The molecule has 1 heteroatoms. The first-order valence-corrected chi connectivity index (χ1v) is 5.42. The van der Waals surface area contributed by atoms with Crippen molar-refractivity contribution in [1.82, 2.24) is 0 Å². The molecule has 0 spiro atoms. The Morgan fingerprint density at radius 2 is 2.14 bits per heavy atom. The molecule has 0 radical (unpaired) electrons. The van der Waals surface area contributed by atoms with E-state index in [1.807, 2.05) is 19.9 Å². The van der Waals surface area contributed by atoms with Crippen LogP contribution in [0.2, 0.25) is 0 Å². The first-order chi connectivity index (χ1) is 6.55. The fourth-order valence-corrected chi connectivity index (χ4v) is 2.17. The maximum atomic E-state index is 11.6. The van der Waals surface area contributed by atoms with Crippen molar-refractivity contribution in [2.24, 2.45) is 5.41 Å². The number of allylic oxidation sites excluding steroid dienone is 4. The van der Waals surface area contributed by atoms with Gasteiger partial charge in [-0.25, -0.2) is 0 Å². The molecule has 0 heterocycles. The van der Waals surface area contributed by atoms with Crippen molar-refractivity contribution in [3.05, 3.63) is 23.3 Å². The lowest BCUT2D eigenvalue weighted by atomic mass is 9.69. The normalized spacial score (nSPS) is 29.0. The number of ketones is 1. The quantitative estimate of drug-likeness (QED) is 0.652. The number of hydrogen-bond acceptors (Lipinski definition) is 1. The second-order valence-corrected chi connectivity index (χ2v) is 4.38. The second-order valence-electron chi connectivity index (χ2n) is 4.38. The second kappa shape index (κ2) is 4.12. The lowest BCUT2D eigenvalue weighted by Crippen LogP contribution is -2.26. The van der Waals surface area contributed by atoms with E-state index >= 15 is 0 Å². The van der Waals surface area contributed by atoms with E-state index in [-0.39, 0.29) is 5.41 Å². The SMILES string of the molecule is C/C=C/C1=C(C)C(=O)CCC1(C)CC. The van der Waals surface area contributed by atoms with Gasteiger partial charge in [-0.3, -0.25) is 4.79 Å². The molecule has 0 aromatic rings. The summed E-state index contributed by atoms with van der Waals surface area (Å²) >= 11 is 0. The molecular weight excluding hydrogens is 172 g/mol. The molecule has 78 valence electrons. The molecule has 0 saturated carbocycles. The van der Waals surface area contributed by atoms with E-state index < -0.39 is 0 Å². The summed E-state index contributed by atoms with van der Waals surface area (Å²) < 4.78 is 0. The van der Waals surface area contributed by atoms with Crippen molar-refractivity contribution in [2.75, 3.05) is 0 Å². The van der Waals surface area contributed by atoms with Crippen molar-refractivity contribution in [3.8, 4) is 0 Å². The van der Waals surface area contributed by atoms with Gasteiger partial charge >= 0.3 is 0 Å². The van der Waals surface area contributed by atoms with Crippen molar-refractivity contribution >= 4 is 5.78 Å². The van der Waals surface area contributed by atoms with Crippen LogP contribution >= 0.6 is 0 Å². The third-order valence-electron chi connectivity index (χ3n) is 3.49. The largest absolute Gasteiger partial charge is 0.295 e. The summed E-state index contributed by atoms with van der Waals surface area (Å²) in [7, 11) is 0. The summed E-state index contributed by atoms with van der Waals surface area (Å²) in [5, 5.41) is 0. The summed E-state index contributed by atoms with van der Waals surface area (Å²) in [5.41, 5.74) is 2.43. The zero-order chi connectivity index (χ0) is 10.8. The van der Waals surface area contributed by atoms with Crippen LogP contribution in [0, 0.1) is 5.41 Å². The maximum Gasteiger partial charge on any atom is 0.158 e. The summed E-state index contributed by atoms with van der Waals surface area (Å²) in [6.45, 7) is 8.44. The highest BCUT2D eigenvalue weighted by atomic mass is 16.1. The smallest absolute Gasteiger partial charge is 0.158 e. The van der Waals surface area contributed by atoms with E-state index in [1.165, 1.54) is 5.57 Å². The number of rotatable bonds is 2. The minimum atomic E-state index is 0.213. The molecule has 0 saturated heterocycles. The van der Waals surface area contributed by atoms with Gasteiger partial charge < -0.3 is 0 Å². The lowest BCUT2D eigenvalue weighted by molar-refractivity contribution is -0.116. The van der Waals surface area contributed by atoms with Crippen LogP contribution in [0.25, 0.3) is 0 Å². The van der Waals surface area contributed by atoms with Crippen LogP contribution in [0.15, 0.2) is 23.3 Å². The Bertz CT molecular complexity index is 296. The van der Waals surface area contributed by atoms with E-state index in [4.69, 9.17) is 0 Å². The molecule has 0 N–H and O–H groups in total. The summed E-state index contributed by atoms with van der Waals surface area (Å²) in [4.78, 5) is 11.6. The highest BCUT2D eigenvalue weighted by Gasteiger charge is 2.33. The van der Waals surface area contributed by atoms with Crippen molar-refractivity contribution in [2.45, 2.75) is 47.0 Å². The van der Waals surface area contributed by atoms with Crippen LogP contribution in [0.4, 0.5) is 0 Å². The molecular formula is C13H20O. The minimum Gasteiger partial charge on any atom is -0.295 e. The predicted octanol–water partition coefficient (Wildman–Crippen LogP) is 3.66. The molecule has 0 aliphatic heterocycles. The monoisotopic (exact) mass is 192 g/mol. The molecule has 14 heavy (non-hydrogen) atoms. The molecule has 1 aliphatic rings. The molecule has 0 aromatic heterocycles. The van der Waals surface area contributed by atoms with Gasteiger partial charge in [-0.2, -0.15) is 0 Å². The van der Waals surface area contributed by atoms with Crippen LogP contribution in [0.3, 0.4) is 0 Å². The van der Waals surface area contributed by atoms with E-state index in [0.717, 1.165) is 24.8 Å². The van der Waals surface area contributed by atoms with Crippen molar-refractivity contribution in [1.29, 1.82) is 0 Å². The first kappa shape index (κ1) is 11.2. The number of carbonyl (C=O) groups is 1. The Labute approximate surface area is 86.9 Å². The van der Waals surface area contributed by atoms with Gasteiger partial charge in [-0.05, 0) is 43.3 Å². The van der Waals surface area contributed by atoms with E-state index in [1.54, 1.807) is 0 Å². The fourth-order valence-electron chi connectivity index (χ4n) is 2.17. The van der Waals surface area contributed by atoms with Crippen molar-refractivity contribution in [3.63, 3.8) is 0 Å². The van der Waals surface area contributed by atoms with E-state index in [2.05, 4.69) is 19.9 Å². The van der Waals surface area contributed by atoms with Gasteiger partial charge in [0.05, 0.1) is 0 Å². The molecule has 0 bridgehead atoms. The Balaban J connectivity index is 3.19. The van der Waals surface area contributed by atoms with Crippen LogP contribution in [-0.4, -0.2) is 5.78 Å². The van der Waals surface area contributed by atoms with E-state index in [9.17, 15) is 4.79 Å². The third kappa shape index (κ3) is 1.82. The van der Waals surface area contributed by atoms with Gasteiger partial charge in [0.15, 0.2) is 5.78 Å². The first-order valence-electron chi connectivity index (χ1n) is 5.42. The Kier molecular flexibility index (Phi) is 3.30. The molecule has 1 aliphatic carbocycles. The van der Waals surface area contributed by atoms with Gasteiger partial charge in [0.1, 0.15) is 0 Å². The van der Waals surface area contributed by atoms with Crippen LogP contribution in [0.5, 0.6) is 0 Å². The number of hydrogen-bond donors (Lipinski definition) is 0. The Morgan fingerprint density at radius 3 is 2.64 bits per heavy atom. The van der Waals surface area contributed by atoms with Crippen LogP contribution < -0.4 is 0 Å². The maximum absolute atomic E-state index is 11.6. The lowest BCUT2D eigenvalue weighted by Gasteiger charge is -2.34. The Hall–Kier alpha value is -0.850. The van der Waals surface area contributed by atoms with Gasteiger partial charge in [0.25, 0.3) is 0 Å². The number of carbonyl (C=O) groups excluding carboxylic acids is 1. The zero-order valence-electron chi connectivity index (χ0n) is 9.68. The Morgan fingerprint density at radius 1 is 1.50 bits per heavy atom. The topological polar surface area (TPSA) is 17.1 Å². The van der Waals surface area contributed by atoms with Crippen LogP contribution in [-0.2, 0) is 4.79 Å². The average molecular weight is 192 g/mol.